The van der Waals surface area contributed by atoms with Crippen molar-refractivity contribution >= 4 is 35.8 Å². The minimum Gasteiger partial charge on any atom is -0.423 e. The van der Waals surface area contributed by atoms with Crippen molar-refractivity contribution in [1.82, 2.24) is 0 Å². The summed E-state index contributed by atoms with van der Waals surface area (Å²) in [5, 5.41) is 0. The first-order chi connectivity index (χ1) is 32.4. The van der Waals surface area contributed by atoms with Gasteiger partial charge in [-0.2, -0.15) is 0 Å². The number of carbonyl (C=O) groups is 6. The van der Waals surface area contributed by atoms with Crippen molar-refractivity contribution in [3.05, 3.63) is 211 Å². The van der Waals surface area contributed by atoms with Gasteiger partial charge in [-0.1, -0.05) is 36.4 Å². The Hall–Kier alpha value is -8.64. The fourth-order valence-electron chi connectivity index (χ4n) is 7.35. The highest BCUT2D eigenvalue weighted by Gasteiger charge is 2.21. The van der Waals surface area contributed by atoms with Crippen LogP contribution in [0.3, 0.4) is 0 Å². The number of rotatable bonds is 12. The van der Waals surface area contributed by atoms with Crippen molar-refractivity contribution in [1.29, 1.82) is 0 Å². The van der Waals surface area contributed by atoms with E-state index in [9.17, 15) is 28.8 Å². The molecule has 342 valence electrons. The molecular weight excluding hydrogens is 865 g/mol. The normalized spacial score (nSPS) is 10.7. The summed E-state index contributed by atoms with van der Waals surface area (Å²) >= 11 is 0. The number of carbonyl (C=O) groups excluding carboxylic acids is 6. The Morgan fingerprint density at radius 3 is 0.632 bits per heavy atom. The van der Waals surface area contributed by atoms with Crippen molar-refractivity contribution in [2.24, 2.45) is 0 Å². The standard InChI is InChI=1S/C56H46O12/c1-31-11-9-12-32(2)47(31)65-53(59)41-19-15-39(16-20-41)51(57)63-45-27-35(5)49(36(6)28-45)67-55(61)43-21-17-40(18-22-43)52(58)64-46-29-37(7)50(38(8)30-46)68-56(62)44-25-23-42(24-26-44)54(60)66-48-33(3)13-10-14-34(48)4/h9-30H,1-8H3. The van der Waals surface area contributed by atoms with Crippen LogP contribution < -0.4 is 28.4 Å². The molecule has 0 aliphatic heterocycles. The van der Waals surface area contributed by atoms with Gasteiger partial charge in [0.2, 0.25) is 0 Å². The zero-order chi connectivity index (χ0) is 48.8. The number of ether oxygens (including phenoxy) is 6. The van der Waals surface area contributed by atoms with Crippen LogP contribution in [-0.2, 0) is 0 Å². The average Bonchev–Trinajstić information content (AvgIpc) is 3.31. The molecule has 0 aromatic heterocycles. The highest BCUT2D eigenvalue weighted by molar-refractivity contribution is 5.97. The molecule has 7 aromatic carbocycles. The maximum absolute atomic E-state index is 13.2. The Morgan fingerprint density at radius 1 is 0.250 bits per heavy atom. The molecular formula is C56H46O12. The molecule has 0 saturated heterocycles. The van der Waals surface area contributed by atoms with Gasteiger partial charge < -0.3 is 28.4 Å². The topological polar surface area (TPSA) is 158 Å². The summed E-state index contributed by atoms with van der Waals surface area (Å²) in [5.74, 6) is -1.79. The predicted octanol–water partition coefficient (Wildman–Crippen LogP) is 11.5. The van der Waals surface area contributed by atoms with E-state index in [1.807, 2.05) is 64.1 Å². The molecule has 0 aliphatic carbocycles. The van der Waals surface area contributed by atoms with Crippen molar-refractivity contribution in [3.8, 4) is 34.5 Å². The third-order valence-corrected chi connectivity index (χ3v) is 11.0. The first-order valence-corrected chi connectivity index (χ1v) is 21.4. The van der Waals surface area contributed by atoms with Crippen LogP contribution >= 0.6 is 0 Å². The molecule has 12 heteroatoms. The van der Waals surface area contributed by atoms with Gasteiger partial charge in [-0.25, -0.2) is 28.8 Å². The number of aryl methyl sites for hydroxylation is 8. The van der Waals surface area contributed by atoms with Crippen molar-refractivity contribution < 1.29 is 57.2 Å². The summed E-state index contributed by atoms with van der Waals surface area (Å²) < 4.78 is 33.9. The SMILES string of the molecule is Cc1cccc(C)c1OC(=O)c1ccc(C(=O)Oc2cc(C)c(OC(=O)c3ccc(C(=O)Oc4cc(C)c(OC(=O)c5ccc(C(=O)Oc6c(C)cccc6C)cc5)c(C)c4)cc3)c(C)c2)cc1. The first kappa shape index (κ1) is 47.3. The Morgan fingerprint density at radius 2 is 0.426 bits per heavy atom. The first-order valence-electron chi connectivity index (χ1n) is 21.4. The van der Waals surface area contributed by atoms with Gasteiger partial charge in [-0.05, 0) is 197 Å². The number of para-hydroxylation sites is 2. The van der Waals surface area contributed by atoms with Crippen LogP contribution in [0.4, 0.5) is 0 Å². The third kappa shape index (κ3) is 10.9. The van der Waals surface area contributed by atoms with Crippen LogP contribution in [0, 0.1) is 55.4 Å². The van der Waals surface area contributed by atoms with Gasteiger partial charge in [0.15, 0.2) is 0 Å². The molecule has 0 unspecified atom stereocenters. The number of hydrogen-bond donors (Lipinski definition) is 0. The molecule has 0 spiro atoms. The molecule has 0 radical (unpaired) electrons. The second-order valence-corrected chi connectivity index (χ2v) is 16.3. The Balaban J connectivity index is 0.916. The molecule has 0 atom stereocenters. The van der Waals surface area contributed by atoms with Crippen LogP contribution in [0.15, 0.2) is 133 Å². The molecule has 0 heterocycles. The van der Waals surface area contributed by atoms with E-state index in [0.717, 1.165) is 22.3 Å². The van der Waals surface area contributed by atoms with Gasteiger partial charge >= 0.3 is 35.8 Å². The van der Waals surface area contributed by atoms with E-state index in [0.29, 0.717) is 33.8 Å². The molecule has 0 fully saturated rings. The second-order valence-electron chi connectivity index (χ2n) is 16.3. The summed E-state index contributed by atoms with van der Waals surface area (Å²) in [7, 11) is 0. The summed E-state index contributed by atoms with van der Waals surface area (Å²) in [6, 6.07) is 35.1. The molecule has 0 saturated carbocycles. The molecule has 7 aromatic rings. The zero-order valence-corrected chi connectivity index (χ0v) is 38.6. The van der Waals surface area contributed by atoms with Crippen LogP contribution in [0.5, 0.6) is 34.5 Å². The highest BCUT2D eigenvalue weighted by atomic mass is 16.6. The van der Waals surface area contributed by atoms with E-state index in [1.165, 1.54) is 72.8 Å². The monoisotopic (exact) mass is 910 g/mol. The summed E-state index contributed by atoms with van der Waals surface area (Å²) in [6.07, 6.45) is 0. The van der Waals surface area contributed by atoms with E-state index in [4.69, 9.17) is 28.4 Å². The molecule has 0 bridgehead atoms. The summed E-state index contributed by atoms with van der Waals surface area (Å²) in [4.78, 5) is 78.2. The minimum atomic E-state index is -0.687. The van der Waals surface area contributed by atoms with Gasteiger partial charge in [-0.15, -0.1) is 0 Å². The molecule has 0 aliphatic rings. The molecule has 68 heavy (non-hydrogen) atoms. The lowest BCUT2D eigenvalue weighted by molar-refractivity contribution is 0.0714. The van der Waals surface area contributed by atoms with E-state index in [1.54, 1.807) is 52.0 Å². The number of hydrogen-bond acceptors (Lipinski definition) is 12. The van der Waals surface area contributed by atoms with Gasteiger partial charge in [0, 0.05) is 0 Å². The van der Waals surface area contributed by atoms with Gasteiger partial charge in [0.25, 0.3) is 0 Å². The zero-order valence-electron chi connectivity index (χ0n) is 38.6. The van der Waals surface area contributed by atoms with Gasteiger partial charge in [0.05, 0.1) is 33.4 Å². The van der Waals surface area contributed by atoms with E-state index < -0.39 is 35.8 Å². The van der Waals surface area contributed by atoms with E-state index >= 15 is 0 Å². The minimum absolute atomic E-state index is 0.166. The van der Waals surface area contributed by atoms with Crippen molar-refractivity contribution in [2.75, 3.05) is 0 Å². The second kappa shape index (κ2) is 20.3. The molecule has 7 rings (SSSR count). The lowest BCUT2D eigenvalue weighted by Crippen LogP contribution is -2.14. The van der Waals surface area contributed by atoms with Crippen LogP contribution in [0.25, 0.3) is 0 Å². The largest absolute Gasteiger partial charge is 0.423 e. The number of benzene rings is 7. The number of esters is 6. The smallest absolute Gasteiger partial charge is 0.343 e. The quantitative estimate of drug-likeness (QED) is 0.0845. The maximum atomic E-state index is 13.2. The fourth-order valence-corrected chi connectivity index (χ4v) is 7.35. The molecule has 12 nitrogen and oxygen atoms in total. The lowest BCUT2D eigenvalue weighted by Gasteiger charge is -2.14. The predicted molar refractivity (Wildman–Crippen MR) is 253 cm³/mol. The van der Waals surface area contributed by atoms with Crippen LogP contribution in [0.2, 0.25) is 0 Å². The van der Waals surface area contributed by atoms with Crippen LogP contribution in [-0.4, -0.2) is 35.8 Å². The van der Waals surface area contributed by atoms with Crippen LogP contribution in [0.1, 0.15) is 107 Å². The van der Waals surface area contributed by atoms with Gasteiger partial charge in [-0.3, -0.25) is 0 Å². The van der Waals surface area contributed by atoms with E-state index in [-0.39, 0.29) is 56.4 Å². The molecule has 0 amide bonds. The Labute approximate surface area is 393 Å². The fraction of sp³-hybridized carbons (Fsp3) is 0.143. The average molecular weight is 911 g/mol. The van der Waals surface area contributed by atoms with Gasteiger partial charge in [0.1, 0.15) is 34.5 Å². The Bertz CT molecular complexity index is 3040. The molecule has 0 N–H and O–H groups in total. The Kier molecular flexibility index (Phi) is 14.1. The third-order valence-electron chi connectivity index (χ3n) is 11.0. The lowest BCUT2D eigenvalue weighted by atomic mass is 10.1. The maximum Gasteiger partial charge on any atom is 0.343 e. The highest BCUT2D eigenvalue weighted by Crippen LogP contribution is 2.32. The summed E-state index contributed by atoms with van der Waals surface area (Å²) in [5.41, 5.74) is 6.73. The van der Waals surface area contributed by atoms with Crippen molar-refractivity contribution in [3.63, 3.8) is 0 Å². The van der Waals surface area contributed by atoms with E-state index in [2.05, 4.69) is 0 Å². The summed E-state index contributed by atoms with van der Waals surface area (Å²) in [6.45, 7) is 14.2. The van der Waals surface area contributed by atoms with Crippen molar-refractivity contribution in [2.45, 2.75) is 55.4 Å².